The molecule has 104 valence electrons. The number of benzene rings is 1. The van der Waals surface area contributed by atoms with Gasteiger partial charge < -0.3 is 10.6 Å². The molecule has 0 fully saturated rings. The van der Waals surface area contributed by atoms with Crippen LogP contribution in [0.25, 0.3) is 10.9 Å². The van der Waals surface area contributed by atoms with Gasteiger partial charge in [0, 0.05) is 37.6 Å². The maximum absolute atomic E-state index is 4.64. The fourth-order valence-corrected chi connectivity index (χ4v) is 1.95. The van der Waals surface area contributed by atoms with Crippen LogP contribution in [0.2, 0.25) is 0 Å². The second-order valence-corrected chi connectivity index (χ2v) is 4.41. The highest BCUT2D eigenvalue weighted by Crippen LogP contribution is 2.11. The molecule has 0 atom stereocenters. The molecule has 0 aliphatic carbocycles. The Labute approximate surface area is 119 Å². The van der Waals surface area contributed by atoms with Gasteiger partial charge in [-0.05, 0) is 12.1 Å². The first-order valence-electron chi connectivity index (χ1n) is 6.73. The number of nitrogens with one attached hydrogen (secondary N) is 2. The van der Waals surface area contributed by atoms with Crippen molar-refractivity contribution in [2.24, 2.45) is 4.99 Å². The van der Waals surface area contributed by atoms with Gasteiger partial charge in [-0.25, -0.2) is 0 Å². The van der Waals surface area contributed by atoms with Crippen LogP contribution in [0.4, 0.5) is 0 Å². The van der Waals surface area contributed by atoms with Gasteiger partial charge in [0.2, 0.25) is 0 Å². The lowest BCUT2D eigenvalue weighted by molar-refractivity contribution is 0.809. The number of nitrogens with zero attached hydrogens (tertiary/aromatic N) is 2. The van der Waals surface area contributed by atoms with Crippen molar-refractivity contribution in [3.05, 3.63) is 54.7 Å². The van der Waals surface area contributed by atoms with E-state index in [4.69, 9.17) is 0 Å². The maximum atomic E-state index is 4.64. The van der Waals surface area contributed by atoms with Crippen molar-refractivity contribution in [1.29, 1.82) is 0 Å². The molecule has 1 heterocycles. The van der Waals surface area contributed by atoms with Gasteiger partial charge in [0.15, 0.2) is 5.96 Å². The second kappa shape index (κ2) is 7.28. The molecule has 0 radical (unpaired) electrons. The number of fused-ring (bicyclic) bond motifs is 1. The molecule has 2 N–H and O–H groups in total. The summed E-state index contributed by atoms with van der Waals surface area (Å²) in [5, 5.41) is 7.56. The summed E-state index contributed by atoms with van der Waals surface area (Å²) in [5.41, 5.74) is 2.12. The van der Waals surface area contributed by atoms with E-state index in [-0.39, 0.29) is 0 Å². The van der Waals surface area contributed by atoms with E-state index in [0.29, 0.717) is 6.54 Å². The lowest BCUT2D eigenvalue weighted by Gasteiger charge is -2.10. The van der Waals surface area contributed by atoms with Crippen LogP contribution in [0.3, 0.4) is 0 Å². The fourth-order valence-electron chi connectivity index (χ4n) is 1.95. The molecule has 0 aliphatic heterocycles. The van der Waals surface area contributed by atoms with Gasteiger partial charge in [0.1, 0.15) is 0 Å². The SMILES string of the molecule is C=CCNC(=NC)NCCc1ccc2ccccc2n1. The van der Waals surface area contributed by atoms with Crippen LogP contribution in [0.5, 0.6) is 0 Å². The highest BCUT2D eigenvalue weighted by Gasteiger charge is 1.99. The van der Waals surface area contributed by atoms with Gasteiger partial charge in [0.05, 0.1) is 5.52 Å². The van der Waals surface area contributed by atoms with Crippen molar-refractivity contribution in [2.75, 3.05) is 20.1 Å². The molecule has 2 aromatic rings. The molecule has 0 amide bonds. The lowest BCUT2D eigenvalue weighted by atomic mass is 10.2. The quantitative estimate of drug-likeness (QED) is 0.496. The average Bonchev–Trinajstić information content (AvgIpc) is 2.50. The van der Waals surface area contributed by atoms with E-state index in [9.17, 15) is 0 Å². The molecule has 0 aliphatic rings. The zero-order valence-corrected chi connectivity index (χ0v) is 11.8. The van der Waals surface area contributed by atoms with Crippen molar-refractivity contribution in [2.45, 2.75) is 6.42 Å². The Morgan fingerprint density at radius 1 is 1.25 bits per heavy atom. The largest absolute Gasteiger partial charge is 0.356 e. The first-order valence-corrected chi connectivity index (χ1v) is 6.73. The van der Waals surface area contributed by atoms with E-state index >= 15 is 0 Å². The van der Waals surface area contributed by atoms with Gasteiger partial charge >= 0.3 is 0 Å². The molecule has 4 nitrogen and oxygen atoms in total. The van der Waals surface area contributed by atoms with Crippen molar-refractivity contribution in [1.82, 2.24) is 15.6 Å². The summed E-state index contributed by atoms with van der Waals surface area (Å²) in [7, 11) is 1.76. The standard InChI is InChI=1S/C16H20N4/c1-3-11-18-16(17-2)19-12-10-14-9-8-13-6-4-5-7-15(13)20-14/h3-9H,1,10-12H2,2H3,(H2,17,18,19). The number of hydrogen-bond acceptors (Lipinski definition) is 2. The normalized spacial score (nSPS) is 11.3. The summed E-state index contributed by atoms with van der Waals surface area (Å²) < 4.78 is 0. The zero-order valence-electron chi connectivity index (χ0n) is 11.8. The van der Waals surface area contributed by atoms with Gasteiger partial charge in [-0.15, -0.1) is 6.58 Å². The molecule has 4 heteroatoms. The molecule has 0 bridgehead atoms. The van der Waals surface area contributed by atoms with Crippen LogP contribution in [0.15, 0.2) is 54.0 Å². The number of pyridine rings is 1. The molecule has 0 saturated carbocycles. The van der Waals surface area contributed by atoms with Gasteiger partial charge in [-0.2, -0.15) is 0 Å². The molecule has 1 aromatic carbocycles. The minimum Gasteiger partial charge on any atom is -0.356 e. The summed E-state index contributed by atoms with van der Waals surface area (Å²) in [6.45, 7) is 5.16. The Hall–Kier alpha value is -2.36. The Morgan fingerprint density at radius 2 is 2.10 bits per heavy atom. The highest BCUT2D eigenvalue weighted by atomic mass is 15.2. The van der Waals surface area contributed by atoms with Gasteiger partial charge in [0.25, 0.3) is 0 Å². The summed E-state index contributed by atoms with van der Waals surface area (Å²) in [6.07, 6.45) is 2.66. The molecule has 2 rings (SSSR count). The highest BCUT2D eigenvalue weighted by molar-refractivity contribution is 5.80. The van der Waals surface area contributed by atoms with E-state index in [2.05, 4.69) is 45.4 Å². The average molecular weight is 268 g/mol. The minimum absolute atomic E-state index is 0.702. The predicted molar refractivity (Wildman–Crippen MR) is 85.0 cm³/mol. The van der Waals surface area contributed by atoms with E-state index < -0.39 is 0 Å². The number of guanidine groups is 1. The third-order valence-electron chi connectivity index (χ3n) is 2.97. The molecule has 20 heavy (non-hydrogen) atoms. The third kappa shape index (κ3) is 3.82. The second-order valence-electron chi connectivity index (χ2n) is 4.41. The molecular weight excluding hydrogens is 248 g/mol. The smallest absolute Gasteiger partial charge is 0.191 e. The number of hydrogen-bond donors (Lipinski definition) is 2. The Balaban J connectivity index is 1.90. The van der Waals surface area contributed by atoms with Crippen molar-refractivity contribution in [3.63, 3.8) is 0 Å². The first-order chi connectivity index (χ1) is 9.83. The Morgan fingerprint density at radius 3 is 2.90 bits per heavy atom. The van der Waals surface area contributed by atoms with Crippen LogP contribution < -0.4 is 10.6 Å². The van der Waals surface area contributed by atoms with E-state index in [0.717, 1.165) is 30.1 Å². The van der Waals surface area contributed by atoms with Crippen molar-refractivity contribution in [3.8, 4) is 0 Å². The molecule has 1 aromatic heterocycles. The number of aliphatic imine (C=N–C) groups is 1. The first kappa shape index (κ1) is 14.1. The van der Waals surface area contributed by atoms with Crippen LogP contribution in [0, 0.1) is 0 Å². The predicted octanol–water partition coefficient (Wildman–Crippen LogP) is 2.13. The maximum Gasteiger partial charge on any atom is 0.191 e. The number of aromatic nitrogens is 1. The van der Waals surface area contributed by atoms with Gasteiger partial charge in [-0.3, -0.25) is 9.98 Å². The van der Waals surface area contributed by atoms with Crippen LogP contribution >= 0.6 is 0 Å². The monoisotopic (exact) mass is 268 g/mol. The third-order valence-corrected chi connectivity index (χ3v) is 2.97. The van der Waals surface area contributed by atoms with E-state index in [1.807, 2.05) is 18.2 Å². The lowest BCUT2D eigenvalue weighted by Crippen LogP contribution is -2.38. The summed E-state index contributed by atoms with van der Waals surface area (Å²) >= 11 is 0. The van der Waals surface area contributed by atoms with Crippen LogP contribution in [-0.2, 0) is 6.42 Å². The number of rotatable bonds is 5. The van der Waals surface area contributed by atoms with Crippen LogP contribution in [-0.4, -0.2) is 31.1 Å². The minimum atomic E-state index is 0.702. The zero-order chi connectivity index (χ0) is 14.2. The molecule has 0 spiro atoms. The summed E-state index contributed by atoms with van der Waals surface area (Å²) in [6, 6.07) is 12.3. The molecule has 0 unspecified atom stereocenters. The number of para-hydroxylation sites is 1. The Bertz CT molecular complexity index is 604. The van der Waals surface area contributed by atoms with Crippen molar-refractivity contribution < 1.29 is 0 Å². The summed E-state index contributed by atoms with van der Waals surface area (Å²) in [5.74, 6) is 0.783. The van der Waals surface area contributed by atoms with E-state index in [1.165, 1.54) is 5.39 Å². The van der Waals surface area contributed by atoms with Crippen LogP contribution in [0.1, 0.15) is 5.69 Å². The fraction of sp³-hybridized carbons (Fsp3) is 0.250. The molecule has 0 saturated heterocycles. The summed E-state index contributed by atoms with van der Waals surface area (Å²) in [4.78, 5) is 8.78. The Kier molecular flexibility index (Phi) is 5.12. The van der Waals surface area contributed by atoms with Gasteiger partial charge in [-0.1, -0.05) is 30.3 Å². The topological polar surface area (TPSA) is 49.3 Å². The van der Waals surface area contributed by atoms with E-state index in [1.54, 1.807) is 13.1 Å². The van der Waals surface area contributed by atoms with Crippen molar-refractivity contribution >= 4 is 16.9 Å². The molecular formula is C16H20N4.